The molecular formula is C14H19N3O. The van der Waals surface area contributed by atoms with Crippen LogP contribution in [0.1, 0.15) is 28.4 Å². The van der Waals surface area contributed by atoms with Gasteiger partial charge >= 0.3 is 0 Å². The van der Waals surface area contributed by atoms with E-state index < -0.39 is 0 Å². The van der Waals surface area contributed by atoms with Crippen LogP contribution in [0.4, 0.5) is 0 Å². The number of nitrogens with two attached hydrogens (primary N) is 1. The van der Waals surface area contributed by atoms with Gasteiger partial charge in [0.1, 0.15) is 5.75 Å². The molecule has 18 heavy (non-hydrogen) atoms. The van der Waals surface area contributed by atoms with Crippen molar-refractivity contribution in [1.82, 2.24) is 9.78 Å². The summed E-state index contributed by atoms with van der Waals surface area (Å²) >= 11 is 0. The average molecular weight is 245 g/mol. The van der Waals surface area contributed by atoms with E-state index in [0.717, 1.165) is 22.6 Å². The Bertz CT molecular complexity index is 560. The van der Waals surface area contributed by atoms with E-state index in [1.165, 1.54) is 5.56 Å². The number of nitrogens with zero attached hydrogens (tertiary/aromatic N) is 2. The molecule has 0 radical (unpaired) electrons. The highest BCUT2D eigenvalue weighted by Crippen LogP contribution is 2.30. The van der Waals surface area contributed by atoms with E-state index in [0.29, 0.717) is 0 Å². The molecule has 96 valence electrons. The maximum Gasteiger partial charge on any atom is 0.123 e. The molecule has 0 aliphatic carbocycles. The topological polar surface area (TPSA) is 53.1 Å². The maximum atomic E-state index is 6.34. The molecule has 0 amide bonds. The lowest BCUT2D eigenvalue weighted by Gasteiger charge is -2.16. The summed E-state index contributed by atoms with van der Waals surface area (Å²) in [4.78, 5) is 0. The van der Waals surface area contributed by atoms with Crippen LogP contribution in [0.2, 0.25) is 0 Å². The third kappa shape index (κ3) is 2.11. The van der Waals surface area contributed by atoms with Crippen LogP contribution < -0.4 is 10.5 Å². The first-order valence-electron chi connectivity index (χ1n) is 5.93. The Morgan fingerprint density at radius 1 is 1.28 bits per heavy atom. The summed E-state index contributed by atoms with van der Waals surface area (Å²) in [5.74, 6) is 0.816. The third-order valence-electron chi connectivity index (χ3n) is 3.33. The minimum Gasteiger partial charge on any atom is -0.496 e. The minimum atomic E-state index is -0.214. The molecule has 0 aliphatic heterocycles. The van der Waals surface area contributed by atoms with E-state index in [-0.39, 0.29) is 6.04 Å². The molecule has 1 heterocycles. The number of hydrogen-bond acceptors (Lipinski definition) is 3. The van der Waals surface area contributed by atoms with E-state index in [9.17, 15) is 0 Å². The Morgan fingerprint density at radius 2 is 2.00 bits per heavy atom. The average Bonchev–Trinajstić information content (AvgIpc) is 2.69. The van der Waals surface area contributed by atoms with Crippen LogP contribution in [-0.2, 0) is 7.05 Å². The Morgan fingerprint density at radius 3 is 2.56 bits per heavy atom. The molecule has 0 aliphatic rings. The van der Waals surface area contributed by atoms with Gasteiger partial charge in [-0.1, -0.05) is 17.7 Å². The summed E-state index contributed by atoms with van der Waals surface area (Å²) in [5.41, 5.74) is 10.6. The van der Waals surface area contributed by atoms with Gasteiger partial charge in [-0.2, -0.15) is 5.10 Å². The molecule has 1 atom stereocenters. The molecule has 0 spiro atoms. The molecule has 4 nitrogen and oxygen atoms in total. The van der Waals surface area contributed by atoms with Crippen LogP contribution in [0.15, 0.2) is 24.4 Å². The van der Waals surface area contributed by atoms with Crippen LogP contribution in [-0.4, -0.2) is 16.9 Å². The first-order valence-corrected chi connectivity index (χ1v) is 5.93. The number of benzene rings is 1. The summed E-state index contributed by atoms with van der Waals surface area (Å²) in [6, 6.07) is 5.82. The molecule has 1 aromatic heterocycles. The predicted molar refractivity (Wildman–Crippen MR) is 71.7 cm³/mol. The SMILES string of the molecule is COc1ccc(C)cc1C(N)c1cnn(C)c1C. The molecule has 1 aromatic carbocycles. The van der Waals surface area contributed by atoms with Gasteiger partial charge in [0.25, 0.3) is 0 Å². The number of methoxy groups -OCH3 is 1. The van der Waals surface area contributed by atoms with Crippen LogP contribution in [0.3, 0.4) is 0 Å². The van der Waals surface area contributed by atoms with E-state index in [4.69, 9.17) is 10.5 Å². The van der Waals surface area contributed by atoms with Gasteiger partial charge in [0.15, 0.2) is 0 Å². The predicted octanol–water partition coefficient (Wildman–Crippen LogP) is 2.09. The summed E-state index contributed by atoms with van der Waals surface area (Å²) in [6.07, 6.45) is 1.82. The number of hydrogen-bond donors (Lipinski definition) is 1. The molecule has 0 fully saturated rings. The largest absolute Gasteiger partial charge is 0.496 e. The van der Waals surface area contributed by atoms with Gasteiger partial charge < -0.3 is 10.5 Å². The zero-order chi connectivity index (χ0) is 13.3. The van der Waals surface area contributed by atoms with E-state index in [2.05, 4.69) is 11.2 Å². The van der Waals surface area contributed by atoms with Crippen molar-refractivity contribution in [3.63, 3.8) is 0 Å². The molecule has 2 rings (SSSR count). The lowest BCUT2D eigenvalue weighted by Crippen LogP contribution is -2.14. The quantitative estimate of drug-likeness (QED) is 0.901. The van der Waals surface area contributed by atoms with Gasteiger partial charge in [0.05, 0.1) is 19.3 Å². The molecule has 0 saturated heterocycles. The van der Waals surface area contributed by atoms with Crippen molar-refractivity contribution in [2.75, 3.05) is 7.11 Å². The second-order valence-electron chi connectivity index (χ2n) is 4.53. The molecule has 2 aromatic rings. The number of ether oxygens (including phenoxy) is 1. The Labute approximate surface area is 107 Å². The highest BCUT2D eigenvalue weighted by atomic mass is 16.5. The highest BCUT2D eigenvalue weighted by Gasteiger charge is 2.18. The van der Waals surface area contributed by atoms with Crippen molar-refractivity contribution >= 4 is 0 Å². The fourth-order valence-electron chi connectivity index (χ4n) is 2.09. The van der Waals surface area contributed by atoms with Crippen LogP contribution >= 0.6 is 0 Å². The second kappa shape index (κ2) is 4.82. The third-order valence-corrected chi connectivity index (χ3v) is 3.33. The standard InChI is InChI=1S/C14H19N3O/c1-9-5-6-13(18-4)11(7-9)14(15)12-8-16-17(3)10(12)2/h5-8,14H,15H2,1-4H3. The fourth-order valence-corrected chi connectivity index (χ4v) is 2.09. The van der Waals surface area contributed by atoms with Gasteiger partial charge in [0, 0.05) is 23.9 Å². The summed E-state index contributed by atoms with van der Waals surface area (Å²) in [5, 5.41) is 4.24. The second-order valence-corrected chi connectivity index (χ2v) is 4.53. The van der Waals surface area contributed by atoms with E-state index >= 15 is 0 Å². The zero-order valence-corrected chi connectivity index (χ0v) is 11.3. The molecule has 2 N–H and O–H groups in total. The molecule has 1 unspecified atom stereocenters. The van der Waals surface area contributed by atoms with Crippen LogP contribution in [0.25, 0.3) is 0 Å². The lowest BCUT2D eigenvalue weighted by molar-refractivity contribution is 0.407. The highest BCUT2D eigenvalue weighted by molar-refractivity contribution is 5.44. The Balaban J connectivity index is 2.48. The van der Waals surface area contributed by atoms with E-state index in [1.54, 1.807) is 7.11 Å². The normalized spacial score (nSPS) is 12.5. The maximum absolute atomic E-state index is 6.34. The first-order chi connectivity index (χ1) is 8.54. The molecule has 0 bridgehead atoms. The monoisotopic (exact) mass is 245 g/mol. The Kier molecular flexibility index (Phi) is 3.39. The molecule has 4 heteroatoms. The van der Waals surface area contributed by atoms with Crippen LogP contribution in [0, 0.1) is 13.8 Å². The lowest BCUT2D eigenvalue weighted by atomic mass is 9.98. The van der Waals surface area contributed by atoms with Gasteiger partial charge in [0.2, 0.25) is 0 Å². The summed E-state index contributed by atoms with van der Waals surface area (Å²) < 4.78 is 7.21. The van der Waals surface area contributed by atoms with Crippen molar-refractivity contribution in [2.24, 2.45) is 12.8 Å². The van der Waals surface area contributed by atoms with Gasteiger partial charge in [-0.15, -0.1) is 0 Å². The summed E-state index contributed by atoms with van der Waals surface area (Å²) in [6.45, 7) is 4.07. The fraction of sp³-hybridized carbons (Fsp3) is 0.357. The Hall–Kier alpha value is -1.81. The van der Waals surface area contributed by atoms with Crippen molar-refractivity contribution in [2.45, 2.75) is 19.9 Å². The van der Waals surface area contributed by atoms with Crippen molar-refractivity contribution in [3.05, 3.63) is 46.8 Å². The summed E-state index contributed by atoms with van der Waals surface area (Å²) in [7, 11) is 3.58. The van der Waals surface area contributed by atoms with Gasteiger partial charge in [-0.05, 0) is 19.9 Å². The number of aromatic nitrogens is 2. The minimum absolute atomic E-state index is 0.214. The number of aryl methyl sites for hydroxylation is 2. The van der Waals surface area contributed by atoms with Gasteiger partial charge in [-0.25, -0.2) is 0 Å². The van der Waals surface area contributed by atoms with Crippen molar-refractivity contribution < 1.29 is 4.74 Å². The smallest absolute Gasteiger partial charge is 0.123 e. The zero-order valence-electron chi connectivity index (χ0n) is 11.3. The molecular weight excluding hydrogens is 226 g/mol. The van der Waals surface area contributed by atoms with Crippen LogP contribution in [0.5, 0.6) is 5.75 Å². The molecule has 0 saturated carbocycles. The first kappa shape index (κ1) is 12.6. The van der Waals surface area contributed by atoms with Crippen molar-refractivity contribution in [1.29, 1.82) is 0 Å². The number of rotatable bonds is 3. The van der Waals surface area contributed by atoms with Gasteiger partial charge in [-0.3, -0.25) is 4.68 Å². The van der Waals surface area contributed by atoms with Crippen molar-refractivity contribution in [3.8, 4) is 5.75 Å². The van der Waals surface area contributed by atoms with E-state index in [1.807, 2.05) is 43.9 Å².